The Hall–Kier alpha value is -3.39. The number of nitrogens with one attached hydrogen (secondary N) is 1. The average Bonchev–Trinajstić information content (AvgIpc) is 3.12. The van der Waals surface area contributed by atoms with E-state index in [1.807, 2.05) is 24.3 Å². The highest BCUT2D eigenvalue weighted by Crippen LogP contribution is 2.27. The number of morpholine rings is 1. The molecule has 0 bridgehead atoms. The molecule has 1 fully saturated rings. The minimum atomic E-state index is -0.502. The number of anilines is 2. The number of hydrogen-bond donors (Lipinski definition) is 1. The molecule has 27 heavy (non-hydrogen) atoms. The maximum Gasteiger partial charge on any atom is 0.270 e. The normalized spacial score (nSPS) is 14.3. The van der Waals surface area contributed by atoms with Crippen molar-refractivity contribution in [1.82, 2.24) is 0 Å². The first-order chi connectivity index (χ1) is 13.1. The van der Waals surface area contributed by atoms with Gasteiger partial charge in [0.1, 0.15) is 11.8 Å². The molecule has 1 aliphatic heterocycles. The number of nitro benzene ring substituents is 1. The molecular formula is C19H17N3O5. The smallest absolute Gasteiger partial charge is 0.270 e. The fraction of sp³-hybridized carbons (Fsp3) is 0.211. The summed E-state index contributed by atoms with van der Waals surface area (Å²) in [5.41, 5.74) is 2.30. The van der Waals surface area contributed by atoms with Gasteiger partial charge in [0.2, 0.25) is 0 Å². The molecule has 1 N–H and O–H groups in total. The van der Waals surface area contributed by atoms with E-state index in [9.17, 15) is 14.9 Å². The molecule has 1 aliphatic rings. The molecule has 138 valence electrons. The maximum absolute atomic E-state index is 12.6. The molecule has 0 spiro atoms. The summed E-state index contributed by atoms with van der Waals surface area (Å²) >= 11 is 0. The molecule has 0 atom stereocenters. The Morgan fingerprint density at radius 3 is 2.56 bits per heavy atom. The van der Waals surface area contributed by atoms with Crippen LogP contribution in [0.1, 0.15) is 10.4 Å². The minimum absolute atomic E-state index is 0.0900. The van der Waals surface area contributed by atoms with Crippen molar-refractivity contribution in [1.29, 1.82) is 0 Å². The van der Waals surface area contributed by atoms with Crippen molar-refractivity contribution in [2.45, 2.75) is 0 Å². The highest BCUT2D eigenvalue weighted by molar-refractivity contribution is 6.12. The number of nitrogens with zero attached hydrogens (tertiary/aromatic N) is 2. The standard InChI is InChI=1S/C19H17N3O5/c23-19(17-12-27-18-6-5-15(22(24)25)11-16(17)18)20-13-1-3-14(4-2-13)21-7-9-26-10-8-21/h1-6,11-12H,7-10H2,(H,20,23). The molecule has 1 amide bonds. The number of benzene rings is 2. The van der Waals surface area contributed by atoms with Gasteiger partial charge in [-0.25, -0.2) is 0 Å². The van der Waals surface area contributed by atoms with E-state index in [1.165, 1.54) is 24.5 Å². The first kappa shape index (κ1) is 17.0. The van der Waals surface area contributed by atoms with Gasteiger partial charge in [0.15, 0.2) is 0 Å². The van der Waals surface area contributed by atoms with Crippen molar-refractivity contribution in [2.75, 3.05) is 36.5 Å². The van der Waals surface area contributed by atoms with Gasteiger partial charge in [-0.15, -0.1) is 0 Å². The van der Waals surface area contributed by atoms with Gasteiger partial charge >= 0.3 is 0 Å². The van der Waals surface area contributed by atoms with Gasteiger partial charge < -0.3 is 19.4 Å². The lowest BCUT2D eigenvalue weighted by Gasteiger charge is -2.28. The second kappa shape index (κ2) is 7.08. The average molecular weight is 367 g/mol. The van der Waals surface area contributed by atoms with Crippen LogP contribution in [-0.4, -0.2) is 37.1 Å². The number of amides is 1. The molecule has 8 nitrogen and oxygen atoms in total. The number of furan rings is 1. The van der Waals surface area contributed by atoms with Crippen molar-refractivity contribution >= 4 is 33.9 Å². The number of carbonyl (C=O) groups is 1. The van der Waals surface area contributed by atoms with Gasteiger partial charge in [0.25, 0.3) is 11.6 Å². The molecule has 1 aromatic heterocycles. The molecule has 0 aliphatic carbocycles. The summed E-state index contributed by atoms with van der Waals surface area (Å²) in [4.78, 5) is 25.3. The third-order valence-corrected chi connectivity index (χ3v) is 4.51. The summed E-state index contributed by atoms with van der Waals surface area (Å²) in [6.07, 6.45) is 1.31. The first-order valence-electron chi connectivity index (χ1n) is 8.51. The lowest BCUT2D eigenvalue weighted by Crippen LogP contribution is -2.36. The zero-order chi connectivity index (χ0) is 18.8. The van der Waals surface area contributed by atoms with Crippen LogP contribution in [0.5, 0.6) is 0 Å². The lowest BCUT2D eigenvalue weighted by molar-refractivity contribution is -0.384. The van der Waals surface area contributed by atoms with Gasteiger partial charge in [0, 0.05) is 42.0 Å². The monoisotopic (exact) mass is 367 g/mol. The van der Waals surface area contributed by atoms with Crippen LogP contribution in [0.4, 0.5) is 17.1 Å². The zero-order valence-electron chi connectivity index (χ0n) is 14.4. The summed E-state index contributed by atoms with van der Waals surface area (Å²) in [6, 6.07) is 11.7. The van der Waals surface area contributed by atoms with E-state index in [-0.39, 0.29) is 17.2 Å². The number of carbonyl (C=O) groups excluding carboxylic acids is 1. The first-order valence-corrected chi connectivity index (χ1v) is 8.51. The Balaban J connectivity index is 1.52. The quantitative estimate of drug-likeness (QED) is 0.560. The predicted octanol–water partition coefficient (Wildman–Crippen LogP) is 3.43. The van der Waals surface area contributed by atoms with E-state index in [1.54, 1.807) is 0 Å². The minimum Gasteiger partial charge on any atom is -0.463 e. The second-order valence-electron chi connectivity index (χ2n) is 6.19. The molecule has 0 radical (unpaired) electrons. The van der Waals surface area contributed by atoms with Crippen molar-refractivity contribution < 1.29 is 18.9 Å². The van der Waals surface area contributed by atoms with Gasteiger partial charge in [0.05, 0.1) is 23.7 Å². The van der Waals surface area contributed by atoms with E-state index in [0.29, 0.717) is 29.9 Å². The Morgan fingerprint density at radius 1 is 1.11 bits per heavy atom. The predicted molar refractivity (Wildman–Crippen MR) is 100 cm³/mol. The summed E-state index contributed by atoms with van der Waals surface area (Å²) < 4.78 is 10.7. The van der Waals surface area contributed by atoms with Crippen molar-refractivity contribution in [3.63, 3.8) is 0 Å². The molecule has 2 aromatic carbocycles. The van der Waals surface area contributed by atoms with Crippen molar-refractivity contribution in [3.8, 4) is 0 Å². The molecule has 4 rings (SSSR count). The largest absolute Gasteiger partial charge is 0.463 e. The third kappa shape index (κ3) is 3.47. The number of fused-ring (bicyclic) bond motifs is 1. The third-order valence-electron chi connectivity index (χ3n) is 4.51. The molecule has 3 aromatic rings. The van der Waals surface area contributed by atoms with Gasteiger partial charge in [-0.2, -0.15) is 0 Å². The highest BCUT2D eigenvalue weighted by atomic mass is 16.6. The maximum atomic E-state index is 12.6. The molecule has 1 saturated heterocycles. The van der Waals surface area contributed by atoms with Crippen LogP contribution in [0.25, 0.3) is 11.0 Å². The number of hydrogen-bond acceptors (Lipinski definition) is 6. The van der Waals surface area contributed by atoms with E-state index in [4.69, 9.17) is 9.15 Å². The highest BCUT2D eigenvalue weighted by Gasteiger charge is 2.17. The zero-order valence-corrected chi connectivity index (χ0v) is 14.4. The van der Waals surface area contributed by atoms with Gasteiger partial charge in [-0.1, -0.05) is 0 Å². The van der Waals surface area contributed by atoms with Crippen LogP contribution in [-0.2, 0) is 4.74 Å². The summed E-state index contributed by atoms with van der Waals surface area (Å²) in [5.74, 6) is -0.381. The molecule has 2 heterocycles. The SMILES string of the molecule is O=C(Nc1ccc(N2CCOCC2)cc1)c1coc2ccc([N+](=O)[O-])cc12. The topological polar surface area (TPSA) is 97.9 Å². The van der Waals surface area contributed by atoms with Crippen LogP contribution >= 0.6 is 0 Å². The fourth-order valence-electron chi connectivity index (χ4n) is 3.08. The Labute approximate surface area is 154 Å². The van der Waals surface area contributed by atoms with Crippen LogP contribution in [0, 0.1) is 10.1 Å². The van der Waals surface area contributed by atoms with Crippen molar-refractivity contribution in [3.05, 3.63) is 64.4 Å². The Kier molecular flexibility index (Phi) is 4.47. The van der Waals surface area contributed by atoms with Crippen molar-refractivity contribution in [2.24, 2.45) is 0 Å². The Morgan fingerprint density at radius 2 is 1.85 bits per heavy atom. The van der Waals surface area contributed by atoms with Crippen LogP contribution in [0.2, 0.25) is 0 Å². The fourth-order valence-corrected chi connectivity index (χ4v) is 3.08. The molecule has 0 unspecified atom stereocenters. The van der Waals surface area contributed by atoms with E-state index < -0.39 is 4.92 Å². The number of non-ortho nitro benzene ring substituents is 1. The lowest BCUT2D eigenvalue weighted by atomic mass is 10.1. The van der Waals surface area contributed by atoms with Crippen LogP contribution < -0.4 is 10.2 Å². The van der Waals surface area contributed by atoms with Crippen LogP contribution in [0.3, 0.4) is 0 Å². The van der Waals surface area contributed by atoms with E-state index in [2.05, 4.69) is 10.2 Å². The molecular weight excluding hydrogens is 350 g/mol. The number of rotatable bonds is 4. The summed E-state index contributed by atoms with van der Waals surface area (Å²) in [6.45, 7) is 3.09. The van der Waals surface area contributed by atoms with Crippen LogP contribution in [0.15, 0.2) is 53.1 Å². The Bertz CT molecular complexity index is 990. The summed E-state index contributed by atoms with van der Waals surface area (Å²) in [7, 11) is 0. The van der Waals surface area contributed by atoms with E-state index >= 15 is 0 Å². The number of ether oxygens (including phenoxy) is 1. The molecule has 0 saturated carbocycles. The van der Waals surface area contributed by atoms with Gasteiger partial charge in [-0.05, 0) is 30.3 Å². The summed E-state index contributed by atoms with van der Waals surface area (Å²) in [5, 5.41) is 14.2. The molecule has 8 heteroatoms. The van der Waals surface area contributed by atoms with E-state index in [0.717, 1.165) is 18.8 Å². The number of nitro groups is 1. The van der Waals surface area contributed by atoms with Gasteiger partial charge in [-0.3, -0.25) is 14.9 Å². The second-order valence-corrected chi connectivity index (χ2v) is 6.19.